The van der Waals surface area contributed by atoms with Gasteiger partial charge < -0.3 is 0 Å². The van der Waals surface area contributed by atoms with Gasteiger partial charge in [-0.2, -0.15) is 0 Å². The summed E-state index contributed by atoms with van der Waals surface area (Å²) >= 11 is 15.7. The molecule has 1 aromatic heterocycles. The van der Waals surface area contributed by atoms with Crippen LogP contribution in [0.2, 0.25) is 10.0 Å². The number of sulfonamides is 1. The Bertz CT molecular complexity index is 1260. The van der Waals surface area contributed by atoms with Gasteiger partial charge in [0.15, 0.2) is 5.03 Å². The summed E-state index contributed by atoms with van der Waals surface area (Å²) in [6.45, 7) is 0. The Hall–Kier alpha value is -1.91. The predicted molar refractivity (Wildman–Crippen MR) is 124 cm³/mol. The Balaban J connectivity index is 1.88. The molecule has 4 rings (SSSR count). The smallest absolute Gasteiger partial charge is 0.259 e. The van der Waals surface area contributed by atoms with Crippen molar-refractivity contribution in [2.24, 2.45) is 0 Å². The zero-order valence-corrected chi connectivity index (χ0v) is 20.4. The van der Waals surface area contributed by atoms with Crippen LogP contribution in [0.5, 0.6) is 0 Å². The van der Waals surface area contributed by atoms with E-state index in [-0.39, 0.29) is 23.3 Å². The molecule has 0 radical (unpaired) electrons. The summed E-state index contributed by atoms with van der Waals surface area (Å²) in [7, 11) is -0.971. The molecule has 3 aromatic rings. The van der Waals surface area contributed by atoms with Gasteiger partial charge in [0.2, 0.25) is 5.95 Å². The minimum atomic E-state index is -3.84. The second kappa shape index (κ2) is 8.22. The maximum Gasteiger partial charge on any atom is 0.259 e. The topological polar surface area (TPSA) is 75.5 Å². The molecular weight excluding hydrogens is 527 g/mol. The average molecular weight is 544 g/mol. The number of fused-ring (bicyclic) bond motifs is 1. The van der Waals surface area contributed by atoms with E-state index in [1.165, 1.54) is 29.8 Å². The second-order valence-electron chi connectivity index (χ2n) is 7.20. The number of carbonyl (C=O) groups is 1. The van der Waals surface area contributed by atoms with E-state index in [1.807, 2.05) is 24.3 Å². The largest absolute Gasteiger partial charge is 0.286 e. The molecule has 1 aliphatic heterocycles. The summed E-state index contributed by atoms with van der Waals surface area (Å²) in [5.41, 5.74) is 1.29. The molecule has 0 saturated heterocycles. The number of halogens is 3. The van der Waals surface area contributed by atoms with E-state index in [0.29, 0.717) is 15.7 Å². The lowest BCUT2D eigenvalue weighted by molar-refractivity contribution is -0.119. The third-order valence-electron chi connectivity index (χ3n) is 4.95. The predicted octanol–water partition coefficient (Wildman–Crippen LogP) is 4.66. The number of carbonyl (C=O) groups excluding carboxylic acids is 1. The molecule has 1 atom stereocenters. The molecule has 0 spiro atoms. The number of benzene rings is 2. The lowest BCUT2D eigenvalue weighted by Gasteiger charge is -2.17. The van der Waals surface area contributed by atoms with Crippen molar-refractivity contribution in [3.63, 3.8) is 0 Å². The molecule has 2 aromatic carbocycles. The molecule has 0 saturated carbocycles. The number of hydrogen-bond donors (Lipinski definition) is 0. The monoisotopic (exact) mass is 542 g/mol. The number of aromatic nitrogens is 2. The van der Waals surface area contributed by atoms with E-state index in [4.69, 9.17) is 23.2 Å². The zero-order chi connectivity index (χ0) is 22.5. The number of anilines is 2. The van der Waals surface area contributed by atoms with E-state index in [2.05, 4.69) is 20.9 Å². The molecule has 7 nitrogen and oxygen atoms in total. The van der Waals surface area contributed by atoms with Gasteiger partial charge in [-0.1, -0.05) is 51.3 Å². The van der Waals surface area contributed by atoms with Gasteiger partial charge >= 0.3 is 0 Å². The molecule has 0 bridgehead atoms. The van der Waals surface area contributed by atoms with Gasteiger partial charge in [-0.05, 0) is 35.9 Å². The summed E-state index contributed by atoms with van der Waals surface area (Å²) in [5.74, 6) is -0.120. The van der Waals surface area contributed by atoms with Crippen molar-refractivity contribution in [2.75, 3.05) is 19.0 Å². The van der Waals surface area contributed by atoms with Gasteiger partial charge in [-0.15, -0.1) is 0 Å². The van der Waals surface area contributed by atoms with Crippen molar-refractivity contribution in [3.05, 3.63) is 68.7 Å². The summed E-state index contributed by atoms with van der Waals surface area (Å²) < 4.78 is 29.3. The highest BCUT2D eigenvalue weighted by Crippen LogP contribution is 2.41. The number of imidazole rings is 1. The Morgan fingerprint density at radius 1 is 1.10 bits per heavy atom. The van der Waals surface area contributed by atoms with Gasteiger partial charge in [-0.3, -0.25) is 9.36 Å². The van der Waals surface area contributed by atoms with Crippen LogP contribution in [0.15, 0.2) is 58.2 Å². The summed E-state index contributed by atoms with van der Waals surface area (Å²) in [6.07, 6.45) is 1.56. The molecular formula is C20H17BrCl2N4O3S. The number of rotatable bonds is 5. The number of hydrogen-bond acceptors (Lipinski definition) is 4. The fraction of sp³-hybridized carbons (Fsp3) is 0.200. The fourth-order valence-electron chi connectivity index (χ4n) is 3.46. The van der Waals surface area contributed by atoms with E-state index in [0.717, 1.165) is 14.3 Å². The maximum absolute atomic E-state index is 13.5. The third-order valence-corrected chi connectivity index (χ3v) is 7.71. The molecule has 0 aliphatic carbocycles. The molecule has 1 unspecified atom stereocenters. The van der Waals surface area contributed by atoms with Crippen LogP contribution in [0, 0.1) is 0 Å². The lowest BCUT2D eigenvalue weighted by atomic mass is 10.1. The molecule has 31 heavy (non-hydrogen) atoms. The van der Waals surface area contributed by atoms with Gasteiger partial charge in [0, 0.05) is 35.0 Å². The van der Waals surface area contributed by atoms with Crippen molar-refractivity contribution < 1.29 is 13.2 Å². The quantitative estimate of drug-likeness (QED) is 0.469. The van der Waals surface area contributed by atoms with Crippen LogP contribution >= 0.6 is 39.1 Å². The maximum atomic E-state index is 13.5. The van der Waals surface area contributed by atoms with Crippen molar-refractivity contribution >= 4 is 66.7 Å². The van der Waals surface area contributed by atoms with E-state index < -0.39 is 16.1 Å². The molecule has 0 N–H and O–H groups in total. The molecule has 1 aliphatic rings. The first-order valence-corrected chi connectivity index (χ1v) is 12.1. The van der Waals surface area contributed by atoms with E-state index in [1.54, 1.807) is 18.2 Å². The summed E-state index contributed by atoms with van der Waals surface area (Å²) in [4.78, 5) is 19.2. The SMILES string of the molecule is CN(C)S(=O)(=O)c1cnc2n1C(Cc1ccc(Br)cc1)C(=O)N2c1cc(Cl)cc(Cl)c1. The highest BCUT2D eigenvalue weighted by Gasteiger charge is 2.43. The van der Waals surface area contributed by atoms with Gasteiger partial charge in [0.05, 0.1) is 11.9 Å². The van der Waals surface area contributed by atoms with Crippen molar-refractivity contribution in [1.82, 2.24) is 13.9 Å². The van der Waals surface area contributed by atoms with Gasteiger partial charge in [0.25, 0.3) is 15.9 Å². The van der Waals surface area contributed by atoms with Crippen LogP contribution in [0.3, 0.4) is 0 Å². The Labute approximate surface area is 198 Å². The van der Waals surface area contributed by atoms with Gasteiger partial charge in [-0.25, -0.2) is 22.6 Å². The van der Waals surface area contributed by atoms with Gasteiger partial charge in [0.1, 0.15) is 6.04 Å². The molecule has 2 heterocycles. The number of amides is 1. The third kappa shape index (κ3) is 4.01. The Kier molecular flexibility index (Phi) is 5.91. The lowest BCUT2D eigenvalue weighted by Crippen LogP contribution is -2.29. The van der Waals surface area contributed by atoms with Crippen LogP contribution in [0.25, 0.3) is 0 Å². The van der Waals surface area contributed by atoms with Crippen molar-refractivity contribution in [3.8, 4) is 0 Å². The van der Waals surface area contributed by atoms with Crippen LogP contribution < -0.4 is 4.90 Å². The zero-order valence-electron chi connectivity index (χ0n) is 16.5. The van der Waals surface area contributed by atoms with E-state index in [9.17, 15) is 13.2 Å². The highest BCUT2D eigenvalue weighted by molar-refractivity contribution is 9.10. The molecule has 11 heteroatoms. The average Bonchev–Trinajstić information content (AvgIpc) is 3.21. The summed E-state index contributed by atoms with van der Waals surface area (Å²) in [5, 5.41) is 0.649. The molecule has 162 valence electrons. The van der Waals surface area contributed by atoms with E-state index >= 15 is 0 Å². The van der Waals surface area contributed by atoms with Crippen LogP contribution in [-0.2, 0) is 21.2 Å². The van der Waals surface area contributed by atoms with Crippen LogP contribution in [0.1, 0.15) is 11.6 Å². The summed E-state index contributed by atoms with van der Waals surface area (Å²) in [6, 6.07) is 11.4. The number of nitrogens with zero attached hydrogens (tertiary/aromatic N) is 4. The van der Waals surface area contributed by atoms with Crippen LogP contribution in [0.4, 0.5) is 11.6 Å². The fourth-order valence-corrected chi connectivity index (χ4v) is 5.26. The first kappa shape index (κ1) is 22.3. The Morgan fingerprint density at radius 3 is 2.29 bits per heavy atom. The normalized spacial score (nSPS) is 16.3. The first-order chi connectivity index (χ1) is 14.6. The first-order valence-electron chi connectivity index (χ1n) is 9.14. The minimum absolute atomic E-state index is 0.0569. The molecule has 0 fully saturated rings. The highest BCUT2D eigenvalue weighted by atomic mass is 79.9. The second-order valence-corrected chi connectivity index (χ2v) is 11.1. The Morgan fingerprint density at radius 2 is 1.71 bits per heavy atom. The standard InChI is InChI=1S/C20H17BrCl2N4O3S/c1-25(2)31(29,30)18-11-24-20-26(16-9-14(22)8-15(23)10-16)19(28)17(27(18)20)7-12-3-5-13(21)6-4-12/h3-6,8-11,17H,7H2,1-2H3. The van der Waals surface area contributed by atoms with Crippen molar-refractivity contribution in [2.45, 2.75) is 17.5 Å². The minimum Gasteiger partial charge on any atom is -0.286 e. The molecule has 1 amide bonds. The van der Waals surface area contributed by atoms with Crippen molar-refractivity contribution in [1.29, 1.82) is 0 Å². The van der Waals surface area contributed by atoms with Crippen LogP contribution in [-0.4, -0.2) is 42.3 Å².